The van der Waals surface area contributed by atoms with Gasteiger partial charge in [-0.2, -0.15) is 4.98 Å². The number of piperidine rings is 1. The van der Waals surface area contributed by atoms with E-state index in [1.165, 1.54) is 6.42 Å². The number of benzene rings is 1. The fraction of sp³-hybridized carbons (Fsp3) is 0.417. The van der Waals surface area contributed by atoms with Crippen molar-refractivity contribution >= 4 is 11.7 Å². The summed E-state index contributed by atoms with van der Waals surface area (Å²) in [6.07, 6.45) is 11.3. The minimum absolute atomic E-state index is 0.0689. The number of aromatic nitrogens is 4. The second kappa shape index (κ2) is 9.48. The first kappa shape index (κ1) is 21.2. The summed E-state index contributed by atoms with van der Waals surface area (Å²) in [7, 11) is 0. The SMILES string of the molecule is CC(=O)N(CCC1CCCCN1c1ccnc(-n2ccnc2)n1)Cc1ccc2c(c1)OCO2. The standard InChI is InChI=1S/C24H28N6O3/c1-18(31)28(15-19-5-6-21-22(14-19)33-17-32-21)12-8-20-4-2-3-11-30(20)23-7-9-26-24(27-23)29-13-10-25-16-29/h5-7,9-10,13-14,16,20H,2-4,8,11-12,15,17H2,1H3. The molecule has 1 aromatic carbocycles. The van der Waals surface area contributed by atoms with Gasteiger partial charge in [0.05, 0.1) is 0 Å². The molecular weight excluding hydrogens is 420 g/mol. The number of amides is 1. The summed E-state index contributed by atoms with van der Waals surface area (Å²) in [6, 6.07) is 8.15. The molecule has 0 N–H and O–H groups in total. The summed E-state index contributed by atoms with van der Waals surface area (Å²) < 4.78 is 12.7. The summed E-state index contributed by atoms with van der Waals surface area (Å²) >= 11 is 0. The van der Waals surface area contributed by atoms with Crippen LogP contribution in [0.5, 0.6) is 11.5 Å². The Hall–Kier alpha value is -3.62. The first-order chi connectivity index (χ1) is 16.2. The highest BCUT2D eigenvalue weighted by atomic mass is 16.7. The van der Waals surface area contributed by atoms with Crippen molar-refractivity contribution in [1.82, 2.24) is 24.4 Å². The topological polar surface area (TPSA) is 85.6 Å². The van der Waals surface area contributed by atoms with E-state index in [1.54, 1.807) is 25.6 Å². The molecule has 2 aliphatic rings. The maximum atomic E-state index is 12.4. The summed E-state index contributed by atoms with van der Waals surface area (Å²) in [5.74, 6) is 3.10. The van der Waals surface area contributed by atoms with Crippen LogP contribution in [-0.2, 0) is 11.3 Å². The van der Waals surface area contributed by atoms with Crippen molar-refractivity contribution in [2.45, 2.75) is 45.2 Å². The number of carbonyl (C=O) groups excluding carboxylic acids is 1. The molecule has 9 nitrogen and oxygen atoms in total. The third-order valence-electron chi connectivity index (χ3n) is 6.27. The van der Waals surface area contributed by atoms with E-state index in [2.05, 4.69) is 14.9 Å². The van der Waals surface area contributed by atoms with Gasteiger partial charge in [0.1, 0.15) is 12.1 Å². The average Bonchev–Trinajstić information content (AvgIpc) is 3.54. The molecular formula is C24H28N6O3. The predicted molar refractivity (Wildman–Crippen MR) is 122 cm³/mol. The van der Waals surface area contributed by atoms with E-state index >= 15 is 0 Å². The van der Waals surface area contributed by atoms with Crippen LogP contribution >= 0.6 is 0 Å². The first-order valence-corrected chi connectivity index (χ1v) is 11.4. The Balaban J connectivity index is 1.27. The molecule has 1 amide bonds. The van der Waals surface area contributed by atoms with Gasteiger partial charge in [0, 0.05) is 51.2 Å². The third kappa shape index (κ3) is 4.76. The average molecular weight is 449 g/mol. The van der Waals surface area contributed by atoms with Gasteiger partial charge in [0.15, 0.2) is 11.5 Å². The lowest BCUT2D eigenvalue weighted by molar-refractivity contribution is -0.129. The molecule has 33 heavy (non-hydrogen) atoms. The molecule has 0 saturated carbocycles. The quantitative estimate of drug-likeness (QED) is 0.549. The lowest BCUT2D eigenvalue weighted by atomic mass is 9.99. The Morgan fingerprint density at radius 3 is 2.94 bits per heavy atom. The van der Waals surface area contributed by atoms with Crippen LogP contribution in [0.15, 0.2) is 49.2 Å². The van der Waals surface area contributed by atoms with Crippen molar-refractivity contribution < 1.29 is 14.3 Å². The largest absolute Gasteiger partial charge is 0.454 e. The van der Waals surface area contributed by atoms with E-state index in [1.807, 2.05) is 39.9 Å². The summed E-state index contributed by atoms with van der Waals surface area (Å²) in [4.78, 5) is 29.9. The summed E-state index contributed by atoms with van der Waals surface area (Å²) in [5.41, 5.74) is 1.04. The maximum Gasteiger partial charge on any atom is 0.236 e. The zero-order valence-electron chi connectivity index (χ0n) is 18.8. The van der Waals surface area contributed by atoms with E-state index in [4.69, 9.17) is 14.5 Å². The Labute approximate surface area is 193 Å². The number of carbonyl (C=O) groups is 1. The lowest BCUT2D eigenvalue weighted by Crippen LogP contribution is -2.43. The van der Waals surface area contributed by atoms with Crippen molar-refractivity contribution in [3.8, 4) is 17.4 Å². The van der Waals surface area contributed by atoms with Crippen LogP contribution in [0.25, 0.3) is 5.95 Å². The van der Waals surface area contributed by atoms with Crippen LogP contribution in [0.2, 0.25) is 0 Å². The number of ether oxygens (including phenoxy) is 2. The zero-order valence-corrected chi connectivity index (χ0v) is 18.8. The van der Waals surface area contributed by atoms with Crippen LogP contribution in [0, 0.1) is 0 Å². The highest BCUT2D eigenvalue weighted by Gasteiger charge is 2.25. The first-order valence-electron chi connectivity index (χ1n) is 11.4. The molecule has 1 saturated heterocycles. The van der Waals surface area contributed by atoms with Crippen molar-refractivity contribution in [3.63, 3.8) is 0 Å². The minimum atomic E-state index is 0.0689. The molecule has 172 valence electrons. The fourth-order valence-electron chi connectivity index (χ4n) is 4.52. The van der Waals surface area contributed by atoms with Crippen LogP contribution < -0.4 is 14.4 Å². The van der Waals surface area contributed by atoms with E-state index in [-0.39, 0.29) is 12.7 Å². The van der Waals surface area contributed by atoms with Crippen molar-refractivity contribution in [1.29, 1.82) is 0 Å². The van der Waals surface area contributed by atoms with Crippen LogP contribution in [0.4, 0.5) is 5.82 Å². The number of rotatable bonds is 7. The van der Waals surface area contributed by atoms with Crippen molar-refractivity contribution in [2.75, 3.05) is 24.8 Å². The smallest absolute Gasteiger partial charge is 0.236 e. The molecule has 9 heteroatoms. The zero-order chi connectivity index (χ0) is 22.6. The molecule has 1 atom stereocenters. The van der Waals surface area contributed by atoms with Gasteiger partial charge in [-0.15, -0.1) is 0 Å². The van der Waals surface area contributed by atoms with E-state index in [9.17, 15) is 4.79 Å². The third-order valence-corrected chi connectivity index (χ3v) is 6.27. The van der Waals surface area contributed by atoms with Crippen LogP contribution in [0.1, 0.15) is 38.2 Å². The molecule has 0 spiro atoms. The maximum absolute atomic E-state index is 12.4. The normalized spacial score (nSPS) is 17.2. The van der Waals surface area contributed by atoms with E-state index in [0.717, 1.165) is 48.7 Å². The number of nitrogens with zero attached hydrogens (tertiary/aromatic N) is 6. The Bertz CT molecular complexity index is 1100. The molecule has 2 aliphatic heterocycles. The van der Waals surface area contributed by atoms with E-state index < -0.39 is 0 Å². The molecule has 0 radical (unpaired) electrons. The molecule has 5 rings (SSSR count). The minimum Gasteiger partial charge on any atom is -0.454 e. The highest BCUT2D eigenvalue weighted by molar-refractivity contribution is 5.73. The molecule has 1 fully saturated rings. The second-order valence-corrected chi connectivity index (χ2v) is 8.44. The van der Waals surface area contributed by atoms with E-state index in [0.29, 0.717) is 25.1 Å². The molecule has 4 heterocycles. The summed E-state index contributed by atoms with van der Waals surface area (Å²) in [5, 5.41) is 0. The monoisotopic (exact) mass is 448 g/mol. The van der Waals surface area contributed by atoms with Crippen molar-refractivity contribution in [2.24, 2.45) is 0 Å². The van der Waals surface area contributed by atoms with Gasteiger partial charge < -0.3 is 19.3 Å². The second-order valence-electron chi connectivity index (χ2n) is 8.44. The Kier molecular flexibility index (Phi) is 6.10. The van der Waals surface area contributed by atoms with Gasteiger partial charge in [0.25, 0.3) is 0 Å². The number of hydrogen-bond donors (Lipinski definition) is 0. The van der Waals surface area contributed by atoms with Gasteiger partial charge in [-0.05, 0) is 49.4 Å². The predicted octanol–water partition coefficient (Wildman–Crippen LogP) is 3.19. The molecule has 3 aromatic rings. The van der Waals surface area contributed by atoms with Crippen LogP contribution in [-0.4, -0.2) is 56.3 Å². The van der Waals surface area contributed by atoms with Gasteiger partial charge in [-0.25, -0.2) is 9.97 Å². The van der Waals surface area contributed by atoms with Gasteiger partial charge in [-0.1, -0.05) is 6.07 Å². The molecule has 1 unspecified atom stereocenters. The summed E-state index contributed by atoms with van der Waals surface area (Å²) in [6.45, 7) is 4.07. The Morgan fingerprint density at radius 1 is 1.18 bits per heavy atom. The molecule has 2 aromatic heterocycles. The number of fused-ring (bicyclic) bond motifs is 1. The van der Waals surface area contributed by atoms with Crippen molar-refractivity contribution in [3.05, 3.63) is 54.7 Å². The highest BCUT2D eigenvalue weighted by Crippen LogP contribution is 2.33. The Morgan fingerprint density at radius 2 is 2.09 bits per heavy atom. The lowest BCUT2D eigenvalue weighted by Gasteiger charge is -2.38. The number of hydrogen-bond acceptors (Lipinski definition) is 7. The van der Waals surface area contributed by atoms with Gasteiger partial charge in [0.2, 0.25) is 18.6 Å². The van der Waals surface area contributed by atoms with Gasteiger partial charge >= 0.3 is 0 Å². The molecule has 0 aliphatic carbocycles. The fourth-order valence-corrected chi connectivity index (χ4v) is 4.52. The molecule has 0 bridgehead atoms. The number of imidazole rings is 1. The number of anilines is 1. The van der Waals surface area contributed by atoms with Crippen LogP contribution in [0.3, 0.4) is 0 Å². The van der Waals surface area contributed by atoms with Gasteiger partial charge in [-0.3, -0.25) is 9.36 Å².